The number of hydrogen-bond acceptors (Lipinski definition) is 1. The van der Waals surface area contributed by atoms with Gasteiger partial charge in [-0.3, -0.25) is 4.79 Å². The van der Waals surface area contributed by atoms with Gasteiger partial charge in [-0.2, -0.15) is 0 Å². The number of carboxylic acids is 1. The van der Waals surface area contributed by atoms with Gasteiger partial charge in [0, 0.05) is 6.42 Å². The Hall–Kier alpha value is -0.530. The highest BCUT2D eigenvalue weighted by Gasteiger charge is 2.29. The summed E-state index contributed by atoms with van der Waals surface area (Å²) in [7, 11) is 0. The standard InChI is InChI=1S/C15H28O2/c1-15(2,3)13-10-8-12(9-11-13)6-4-5-7-14(16)17/h12-13H,4-11H2,1-3H3,(H,16,17). The quantitative estimate of drug-likeness (QED) is 0.719. The molecule has 0 aromatic heterocycles. The average Bonchev–Trinajstić information content (AvgIpc) is 2.23. The van der Waals surface area contributed by atoms with Crippen LogP contribution >= 0.6 is 0 Å². The Morgan fingerprint density at radius 1 is 1.12 bits per heavy atom. The van der Waals surface area contributed by atoms with Crippen molar-refractivity contribution in [3.05, 3.63) is 0 Å². The van der Waals surface area contributed by atoms with E-state index in [1.54, 1.807) is 0 Å². The Labute approximate surface area is 106 Å². The fraction of sp³-hybridized carbons (Fsp3) is 0.933. The third-order valence-corrected chi connectivity index (χ3v) is 4.32. The summed E-state index contributed by atoms with van der Waals surface area (Å²) >= 11 is 0. The molecule has 100 valence electrons. The van der Waals surface area contributed by atoms with Gasteiger partial charge < -0.3 is 5.11 Å². The van der Waals surface area contributed by atoms with Crippen molar-refractivity contribution in [1.29, 1.82) is 0 Å². The predicted octanol–water partition coefficient (Wildman–Crippen LogP) is 4.48. The van der Waals surface area contributed by atoms with Crippen LogP contribution in [0.15, 0.2) is 0 Å². The Morgan fingerprint density at radius 3 is 2.18 bits per heavy atom. The molecule has 1 rings (SSSR count). The van der Waals surface area contributed by atoms with E-state index in [1.807, 2.05) is 0 Å². The second kappa shape index (κ2) is 6.42. The van der Waals surface area contributed by atoms with E-state index in [1.165, 1.54) is 32.1 Å². The van der Waals surface area contributed by atoms with Crippen LogP contribution in [0.25, 0.3) is 0 Å². The molecular weight excluding hydrogens is 212 g/mol. The van der Waals surface area contributed by atoms with Crippen LogP contribution in [-0.4, -0.2) is 11.1 Å². The van der Waals surface area contributed by atoms with Crippen LogP contribution < -0.4 is 0 Å². The van der Waals surface area contributed by atoms with Crippen LogP contribution in [-0.2, 0) is 4.79 Å². The van der Waals surface area contributed by atoms with E-state index < -0.39 is 5.97 Å². The van der Waals surface area contributed by atoms with Gasteiger partial charge >= 0.3 is 5.97 Å². The van der Waals surface area contributed by atoms with E-state index in [-0.39, 0.29) is 0 Å². The van der Waals surface area contributed by atoms with Crippen molar-refractivity contribution in [2.45, 2.75) is 72.1 Å². The minimum absolute atomic E-state index is 0.345. The van der Waals surface area contributed by atoms with E-state index in [2.05, 4.69) is 20.8 Å². The van der Waals surface area contributed by atoms with Crippen molar-refractivity contribution >= 4 is 5.97 Å². The summed E-state index contributed by atoms with van der Waals surface area (Å²) in [6.45, 7) is 7.06. The number of hydrogen-bond donors (Lipinski definition) is 1. The first-order valence-electron chi connectivity index (χ1n) is 7.11. The molecule has 0 aliphatic heterocycles. The lowest BCUT2D eigenvalue weighted by Crippen LogP contribution is -2.25. The molecule has 1 aliphatic carbocycles. The lowest BCUT2D eigenvalue weighted by molar-refractivity contribution is -0.137. The Bertz CT molecular complexity index is 232. The third kappa shape index (κ3) is 5.56. The van der Waals surface area contributed by atoms with Gasteiger partial charge in [-0.05, 0) is 36.5 Å². The molecule has 1 aliphatic rings. The summed E-state index contributed by atoms with van der Waals surface area (Å²) in [4.78, 5) is 10.4. The molecule has 0 amide bonds. The van der Waals surface area contributed by atoms with E-state index in [0.29, 0.717) is 11.8 Å². The van der Waals surface area contributed by atoms with Crippen LogP contribution in [0.1, 0.15) is 72.1 Å². The van der Waals surface area contributed by atoms with Crippen molar-refractivity contribution in [1.82, 2.24) is 0 Å². The molecule has 0 saturated heterocycles. The summed E-state index contributed by atoms with van der Waals surface area (Å²) in [6, 6.07) is 0. The Morgan fingerprint density at radius 2 is 1.71 bits per heavy atom. The normalized spacial score (nSPS) is 25.8. The van der Waals surface area contributed by atoms with Gasteiger partial charge in [-0.15, -0.1) is 0 Å². The first-order valence-corrected chi connectivity index (χ1v) is 7.11. The molecule has 1 N–H and O–H groups in total. The minimum Gasteiger partial charge on any atom is -0.481 e. The number of unbranched alkanes of at least 4 members (excludes halogenated alkanes) is 1. The van der Waals surface area contributed by atoms with Crippen LogP contribution in [0.4, 0.5) is 0 Å². The Balaban J connectivity index is 2.13. The van der Waals surface area contributed by atoms with E-state index in [4.69, 9.17) is 5.11 Å². The highest BCUT2D eigenvalue weighted by Crippen LogP contribution is 2.40. The van der Waals surface area contributed by atoms with Crippen LogP contribution in [0, 0.1) is 17.3 Å². The van der Waals surface area contributed by atoms with Crippen molar-refractivity contribution in [2.24, 2.45) is 17.3 Å². The van der Waals surface area contributed by atoms with Gasteiger partial charge in [0.15, 0.2) is 0 Å². The monoisotopic (exact) mass is 240 g/mol. The molecule has 17 heavy (non-hydrogen) atoms. The van der Waals surface area contributed by atoms with Crippen LogP contribution in [0.5, 0.6) is 0 Å². The van der Waals surface area contributed by atoms with E-state index in [0.717, 1.165) is 24.7 Å². The fourth-order valence-corrected chi connectivity index (χ4v) is 3.03. The van der Waals surface area contributed by atoms with Crippen molar-refractivity contribution in [2.75, 3.05) is 0 Å². The molecule has 0 radical (unpaired) electrons. The van der Waals surface area contributed by atoms with Gasteiger partial charge in [0.1, 0.15) is 0 Å². The molecule has 0 heterocycles. The minimum atomic E-state index is -0.651. The maximum Gasteiger partial charge on any atom is 0.303 e. The summed E-state index contributed by atoms with van der Waals surface area (Å²) in [5.74, 6) is 1.10. The number of rotatable bonds is 5. The number of carbonyl (C=O) groups is 1. The first-order chi connectivity index (χ1) is 7.89. The van der Waals surface area contributed by atoms with E-state index in [9.17, 15) is 4.79 Å². The molecule has 1 fully saturated rings. The zero-order valence-electron chi connectivity index (χ0n) is 11.7. The molecule has 0 bridgehead atoms. The average molecular weight is 240 g/mol. The smallest absolute Gasteiger partial charge is 0.303 e. The maximum atomic E-state index is 10.4. The fourth-order valence-electron chi connectivity index (χ4n) is 3.03. The second-order valence-corrected chi connectivity index (χ2v) is 6.72. The van der Waals surface area contributed by atoms with Gasteiger partial charge in [0.25, 0.3) is 0 Å². The Kier molecular flexibility index (Phi) is 5.48. The molecular formula is C15H28O2. The molecule has 0 aromatic carbocycles. The van der Waals surface area contributed by atoms with Crippen molar-refractivity contribution in [3.8, 4) is 0 Å². The first kappa shape index (κ1) is 14.5. The molecule has 0 aromatic rings. The molecule has 1 saturated carbocycles. The second-order valence-electron chi connectivity index (χ2n) is 6.72. The molecule has 0 atom stereocenters. The molecule has 0 spiro atoms. The topological polar surface area (TPSA) is 37.3 Å². The summed E-state index contributed by atoms with van der Waals surface area (Å²) in [5.41, 5.74) is 0.467. The van der Waals surface area contributed by atoms with Gasteiger partial charge in [-0.25, -0.2) is 0 Å². The van der Waals surface area contributed by atoms with Crippen molar-refractivity contribution in [3.63, 3.8) is 0 Å². The number of carboxylic acid groups (broad SMARTS) is 1. The van der Waals surface area contributed by atoms with E-state index >= 15 is 0 Å². The largest absolute Gasteiger partial charge is 0.481 e. The van der Waals surface area contributed by atoms with Crippen LogP contribution in [0.2, 0.25) is 0 Å². The highest BCUT2D eigenvalue weighted by atomic mass is 16.4. The maximum absolute atomic E-state index is 10.4. The predicted molar refractivity (Wildman–Crippen MR) is 71.0 cm³/mol. The molecule has 2 heteroatoms. The van der Waals surface area contributed by atoms with Crippen molar-refractivity contribution < 1.29 is 9.90 Å². The third-order valence-electron chi connectivity index (χ3n) is 4.32. The van der Waals surface area contributed by atoms with Crippen LogP contribution in [0.3, 0.4) is 0 Å². The zero-order valence-corrected chi connectivity index (χ0v) is 11.7. The zero-order chi connectivity index (χ0) is 12.9. The summed E-state index contributed by atoms with van der Waals surface area (Å²) in [5, 5.41) is 8.57. The highest BCUT2D eigenvalue weighted by molar-refractivity contribution is 5.66. The van der Waals surface area contributed by atoms with Gasteiger partial charge in [0.05, 0.1) is 0 Å². The SMILES string of the molecule is CC(C)(C)C1CCC(CCCCC(=O)O)CC1. The lowest BCUT2D eigenvalue weighted by atomic mass is 9.69. The molecule has 2 nitrogen and oxygen atoms in total. The molecule has 0 unspecified atom stereocenters. The number of aliphatic carboxylic acids is 1. The van der Waals surface area contributed by atoms with Gasteiger partial charge in [-0.1, -0.05) is 46.5 Å². The lowest BCUT2D eigenvalue weighted by Gasteiger charge is -2.37. The van der Waals surface area contributed by atoms with Gasteiger partial charge in [0.2, 0.25) is 0 Å². The summed E-state index contributed by atoms with van der Waals surface area (Å²) in [6.07, 6.45) is 8.98. The summed E-state index contributed by atoms with van der Waals surface area (Å²) < 4.78 is 0.